The van der Waals surface area contributed by atoms with Crippen LogP contribution in [0.25, 0.3) is 11.1 Å². The van der Waals surface area contributed by atoms with E-state index in [9.17, 15) is 14.7 Å². The molecule has 3 atom stereocenters. The summed E-state index contributed by atoms with van der Waals surface area (Å²) in [4.78, 5) is 24.2. The van der Waals surface area contributed by atoms with Crippen LogP contribution in [-0.4, -0.2) is 33.9 Å². The minimum Gasteiger partial charge on any atom is -0.481 e. The summed E-state index contributed by atoms with van der Waals surface area (Å²) < 4.78 is 13.0. The van der Waals surface area contributed by atoms with E-state index in [1.54, 1.807) is 11.8 Å². The summed E-state index contributed by atoms with van der Waals surface area (Å²) in [5.74, 6) is -0.129. The van der Waals surface area contributed by atoms with Crippen molar-refractivity contribution in [2.24, 2.45) is 0 Å². The normalized spacial score (nSPS) is 17.9. The number of ether oxygens (including phenoxy) is 2. The molecule has 1 saturated heterocycles. The van der Waals surface area contributed by atoms with Gasteiger partial charge in [-0.25, -0.2) is 0 Å². The van der Waals surface area contributed by atoms with Crippen LogP contribution in [0.4, 0.5) is 0 Å². The number of amides is 1. The number of unbranched alkanes of at least 4 members (excludes halogenated alkanes) is 1. The van der Waals surface area contributed by atoms with Crippen LogP contribution in [-0.2, 0) is 32.2 Å². The Morgan fingerprint density at radius 1 is 0.800 bits per heavy atom. The molecule has 1 aliphatic rings. The van der Waals surface area contributed by atoms with Crippen molar-refractivity contribution in [1.82, 2.24) is 5.32 Å². The van der Waals surface area contributed by atoms with Crippen LogP contribution in [0, 0.1) is 0 Å². The average molecular weight is 626 g/mol. The molecule has 8 heteroatoms. The molecular weight excluding hydrogens is 586 g/mol. The van der Waals surface area contributed by atoms with E-state index in [0.717, 1.165) is 45.6 Å². The van der Waals surface area contributed by atoms with Gasteiger partial charge in [-0.1, -0.05) is 91.0 Å². The number of aliphatic carboxylic acids is 1. The van der Waals surface area contributed by atoms with Gasteiger partial charge in [0.25, 0.3) is 0 Å². The molecular formula is C37H39NO6S. The molecule has 3 unspecified atom stereocenters. The van der Waals surface area contributed by atoms with Crippen LogP contribution >= 0.6 is 11.8 Å². The molecule has 1 amide bonds. The molecule has 0 aliphatic carbocycles. The largest absolute Gasteiger partial charge is 0.481 e. The first-order valence-electron chi connectivity index (χ1n) is 15.3. The highest BCUT2D eigenvalue weighted by Gasteiger charge is 2.32. The fourth-order valence-electron chi connectivity index (χ4n) is 5.35. The number of hydrogen-bond acceptors (Lipinski definition) is 6. The quantitative estimate of drug-likeness (QED) is 0.0988. The summed E-state index contributed by atoms with van der Waals surface area (Å²) in [6.45, 7) is 0.395. The summed E-state index contributed by atoms with van der Waals surface area (Å²) >= 11 is 1.77. The smallest absolute Gasteiger partial charge is 0.303 e. The third-order valence-electron chi connectivity index (χ3n) is 7.83. The molecule has 5 rings (SSSR count). The van der Waals surface area contributed by atoms with Crippen molar-refractivity contribution in [3.05, 3.63) is 125 Å². The second kappa shape index (κ2) is 16.4. The van der Waals surface area contributed by atoms with Gasteiger partial charge >= 0.3 is 5.97 Å². The molecule has 4 aromatic rings. The zero-order chi connectivity index (χ0) is 31.4. The number of thioether (sulfide) groups is 1. The van der Waals surface area contributed by atoms with Crippen LogP contribution in [0.1, 0.15) is 66.8 Å². The zero-order valence-corrected chi connectivity index (χ0v) is 26.0. The number of carbonyl (C=O) groups is 2. The van der Waals surface area contributed by atoms with Crippen LogP contribution in [0.5, 0.6) is 0 Å². The highest BCUT2D eigenvalue weighted by Crippen LogP contribution is 2.40. The summed E-state index contributed by atoms with van der Waals surface area (Å²) in [7, 11) is 0. The van der Waals surface area contributed by atoms with Crippen molar-refractivity contribution in [1.29, 1.82) is 0 Å². The second-order valence-corrected chi connectivity index (χ2v) is 12.2. The summed E-state index contributed by atoms with van der Waals surface area (Å²) in [6, 6.07) is 34.4. The Bertz CT molecular complexity index is 1530. The molecule has 1 aliphatic heterocycles. The van der Waals surface area contributed by atoms with Crippen molar-refractivity contribution in [2.75, 3.05) is 5.75 Å². The monoisotopic (exact) mass is 625 g/mol. The number of nitrogens with one attached hydrogen (secondary N) is 1. The maximum atomic E-state index is 12.3. The van der Waals surface area contributed by atoms with Crippen LogP contribution < -0.4 is 5.32 Å². The first kappa shape index (κ1) is 32.4. The number of carboxylic acids is 1. The summed E-state index contributed by atoms with van der Waals surface area (Å²) in [6.07, 6.45) is 1.45. The van der Waals surface area contributed by atoms with E-state index in [-0.39, 0.29) is 31.1 Å². The van der Waals surface area contributed by atoms with Crippen LogP contribution in [0.3, 0.4) is 0 Å². The van der Waals surface area contributed by atoms with Crippen molar-refractivity contribution in [2.45, 2.75) is 68.6 Å². The molecule has 0 bridgehead atoms. The zero-order valence-electron chi connectivity index (χ0n) is 25.1. The van der Waals surface area contributed by atoms with E-state index in [2.05, 4.69) is 29.6 Å². The third kappa shape index (κ3) is 9.52. The van der Waals surface area contributed by atoms with Gasteiger partial charge < -0.3 is 25.0 Å². The Balaban J connectivity index is 1.27. The van der Waals surface area contributed by atoms with E-state index in [1.807, 2.05) is 78.9 Å². The first-order chi connectivity index (χ1) is 22.0. The fourth-order valence-corrected chi connectivity index (χ4v) is 6.29. The Morgan fingerprint density at radius 3 is 2.22 bits per heavy atom. The minimum absolute atomic E-state index is 0.00429. The predicted molar refractivity (Wildman–Crippen MR) is 175 cm³/mol. The van der Waals surface area contributed by atoms with Crippen LogP contribution in [0.2, 0.25) is 0 Å². The van der Waals surface area contributed by atoms with Gasteiger partial charge in [0.1, 0.15) is 0 Å². The standard InChI is InChI=1S/C37H39NO6S/c39-24-26-14-16-28(17-15-26)34-22-31(25-45-32-9-2-1-3-10-32)43-37(44-34)29-20-18-27(19-21-29)33-11-5-4-8-30(33)23-38-35(40)12-6-7-13-36(41)42/h1-5,8-11,14-21,31,34,37,39H,6-7,12-13,22-25H2,(H,38,40)(H,41,42). The third-order valence-corrected chi connectivity index (χ3v) is 8.97. The number of carbonyl (C=O) groups excluding carboxylic acids is 1. The first-order valence-corrected chi connectivity index (χ1v) is 16.3. The van der Waals surface area contributed by atoms with Crippen LogP contribution in [0.15, 0.2) is 108 Å². The van der Waals surface area contributed by atoms with E-state index >= 15 is 0 Å². The van der Waals surface area contributed by atoms with Gasteiger partial charge in [0.2, 0.25) is 5.91 Å². The van der Waals surface area contributed by atoms with E-state index in [1.165, 1.54) is 4.90 Å². The van der Waals surface area contributed by atoms with Crippen molar-refractivity contribution >= 4 is 23.6 Å². The molecule has 0 saturated carbocycles. The molecule has 4 aromatic carbocycles. The average Bonchev–Trinajstić information content (AvgIpc) is 3.09. The molecule has 0 aromatic heterocycles. The Hall–Kier alpha value is -3.95. The van der Waals surface area contributed by atoms with Gasteiger partial charge in [0.15, 0.2) is 6.29 Å². The number of rotatable bonds is 14. The number of aliphatic hydroxyl groups is 1. The summed E-state index contributed by atoms with van der Waals surface area (Å²) in [5.41, 5.74) is 5.90. The van der Waals surface area contributed by atoms with E-state index < -0.39 is 12.3 Å². The lowest BCUT2D eigenvalue weighted by atomic mass is 9.97. The van der Waals surface area contributed by atoms with Gasteiger partial charge in [0, 0.05) is 42.0 Å². The van der Waals surface area contributed by atoms with Crippen molar-refractivity contribution < 1.29 is 29.3 Å². The Kier molecular flexibility index (Phi) is 11.8. The second-order valence-electron chi connectivity index (χ2n) is 11.1. The number of aliphatic hydroxyl groups excluding tert-OH is 1. The topological polar surface area (TPSA) is 105 Å². The molecule has 45 heavy (non-hydrogen) atoms. The van der Waals surface area contributed by atoms with E-state index in [0.29, 0.717) is 25.8 Å². The van der Waals surface area contributed by atoms with Crippen molar-refractivity contribution in [3.8, 4) is 11.1 Å². The fraction of sp³-hybridized carbons (Fsp3) is 0.297. The van der Waals surface area contributed by atoms with Gasteiger partial charge in [-0.05, 0) is 52.8 Å². The maximum absolute atomic E-state index is 12.3. The van der Waals surface area contributed by atoms with Gasteiger partial charge in [-0.3, -0.25) is 9.59 Å². The molecule has 3 N–H and O–H groups in total. The Labute approximate surface area is 268 Å². The van der Waals surface area contributed by atoms with E-state index in [4.69, 9.17) is 14.6 Å². The molecule has 1 heterocycles. The van der Waals surface area contributed by atoms with Crippen molar-refractivity contribution in [3.63, 3.8) is 0 Å². The SMILES string of the molecule is O=C(O)CCCCC(=O)NCc1ccccc1-c1ccc(C2OC(CSc3ccccc3)CC(c3ccc(CO)cc3)O2)cc1. The predicted octanol–water partition coefficient (Wildman–Crippen LogP) is 7.44. The lowest BCUT2D eigenvalue weighted by Gasteiger charge is -2.36. The van der Waals surface area contributed by atoms with Gasteiger partial charge in [-0.2, -0.15) is 0 Å². The number of hydrogen-bond donors (Lipinski definition) is 3. The molecule has 234 valence electrons. The number of benzene rings is 4. The lowest BCUT2D eigenvalue weighted by molar-refractivity contribution is -0.245. The lowest BCUT2D eigenvalue weighted by Crippen LogP contribution is -2.31. The Morgan fingerprint density at radius 2 is 1.49 bits per heavy atom. The van der Waals surface area contributed by atoms with Gasteiger partial charge in [-0.15, -0.1) is 11.8 Å². The maximum Gasteiger partial charge on any atom is 0.303 e. The summed E-state index contributed by atoms with van der Waals surface area (Å²) in [5, 5.41) is 21.3. The molecule has 7 nitrogen and oxygen atoms in total. The molecule has 0 spiro atoms. The minimum atomic E-state index is -0.841. The molecule has 0 radical (unpaired) electrons. The highest BCUT2D eigenvalue weighted by molar-refractivity contribution is 7.99. The van der Waals surface area contributed by atoms with Gasteiger partial charge in [0.05, 0.1) is 18.8 Å². The highest BCUT2D eigenvalue weighted by atomic mass is 32.2. The number of carboxylic acid groups (broad SMARTS) is 1. The molecule has 1 fully saturated rings.